The Bertz CT molecular complexity index is 689. The van der Waals surface area contributed by atoms with E-state index in [0.717, 1.165) is 12.1 Å². The molecule has 0 saturated heterocycles. The van der Waals surface area contributed by atoms with E-state index in [0.29, 0.717) is 4.60 Å². The third-order valence-corrected chi connectivity index (χ3v) is 3.36. The van der Waals surface area contributed by atoms with Gasteiger partial charge in [-0.15, -0.1) is 0 Å². The molecule has 0 saturated carbocycles. The fourth-order valence-corrected chi connectivity index (χ4v) is 2.43. The van der Waals surface area contributed by atoms with Gasteiger partial charge in [0.2, 0.25) is 0 Å². The number of carbonyl (C=O) groups excluding carboxylic acids is 1. The molecule has 0 aliphatic carbocycles. The first kappa shape index (κ1) is 16.0. The molecule has 3 nitrogen and oxygen atoms in total. The number of hydrogen-bond acceptors (Lipinski definition) is 2. The lowest BCUT2D eigenvalue weighted by atomic mass is 10.2. The summed E-state index contributed by atoms with van der Waals surface area (Å²) in [7, 11) is 0. The number of hydrogen-bond donors (Lipinski definition) is 1. The Morgan fingerprint density at radius 2 is 1.86 bits per heavy atom. The molecular weight excluding hydrogens is 417 g/mol. The summed E-state index contributed by atoms with van der Waals surface area (Å²) in [5.41, 5.74) is -0.511. The molecule has 110 valence electrons. The number of aromatic nitrogens is 1. The van der Waals surface area contributed by atoms with Gasteiger partial charge in [0.25, 0.3) is 5.91 Å². The van der Waals surface area contributed by atoms with Crippen LogP contribution in [-0.2, 0) is 6.18 Å². The smallest absolute Gasteiger partial charge is 0.322 e. The monoisotopic (exact) mass is 422 g/mol. The van der Waals surface area contributed by atoms with Crippen LogP contribution in [-0.4, -0.2) is 10.9 Å². The molecule has 1 aromatic carbocycles. The van der Waals surface area contributed by atoms with E-state index >= 15 is 0 Å². The van der Waals surface area contributed by atoms with E-state index in [1.54, 1.807) is 0 Å². The number of halogens is 5. The Kier molecular flexibility index (Phi) is 4.67. The minimum absolute atomic E-state index is 0.0506. The lowest BCUT2D eigenvalue weighted by Gasteiger charge is -2.11. The number of benzene rings is 1. The molecule has 0 unspecified atom stereocenters. The van der Waals surface area contributed by atoms with E-state index in [-0.39, 0.29) is 15.7 Å². The summed E-state index contributed by atoms with van der Waals surface area (Å²) < 4.78 is 38.8. The van der Waals surface area contributed by atoms with Crippen molar-refractivity contribution in [2.24, 2.45) is 0 Å². The lowest BCUT2D eigenvalue weighted by Crippen LogP contribution is -2.13. The van der Waals surface area contributed by atoms with Gasteiger partial charge in [0, 0.05) is 21.9 Å². The summed E-state index contributed by atoms with van der Waals surface area (Å²) in [6.07, 6.45) is -3.07. The van der Waals surface area contributed by atoms with Gasteiger partial charge in [-0.05, 0) is 46.3 Å². The molecule has 1 N–H and O–H groups in total. The van der Waals surface area contributed by atoms with Crippen LogP contribution in [0, 0.1) is 0 Å². The molecule has 0 aliphatic rings. The number of anilines is 1. The van der Waals surface area contributed by atoms with E-state index in [9.17, 15) is 18.0 Å². The summed E-state index contributed by atoms with van der Waals surface area (Å²) in [5, 5.41) is 2.42. The maximum atomic E-state index is 12.7. The summed E-state index contributed by atoms with van der Waals surface area (Å²) >= 11 is 6.11. The number of pyridine rings is 1. The Morgan fingerprint density at radius 1 is 1.14 bits per heavy atom. The van der Waals surface area contributed by atoms with Gasteiger partial charge in [0.1, 0.15) is 4.60 Å². The largest absolute Gasteiger partial charge is 0.416 e. The molecule has 2 rings (SSSR count). The maximum absolute atomic E-state index is 12.7. The quantitative estimate of drug-likeness (QED) is 0.699. The van der Waals surface area contributed by atoms with Gasteiger partial charge in [-0.3, -0.25) is 4.79 Å². The average Bonchev–Trinajstić information content (AvgIpc) is 2.37. The molecule has 0 bridgehead atoms. The van der Waals surface area contributed by atoms with Gasteiger partial charge in [-0.2, -0.15) is 13.2 Å². The second-order valence-corrected chi connectivity index (χ2v) is 5.78. The van der Waals surface area contributed by atoms with Crippen LogP contribution in [0.15, 0.2) is 45.6 Å². The second kappa shape index (κ2) is 6.15. The summed E-state index contributed by atoms with van der Waals surface area (Å²) in [6, 6.07) is 6.14. The normalized spacial score (nSPS) is 11.3. The predicted molar refractivity (Wildman–Crippen MR) is 79.0 cm³/mol. The van der Waals surface area contributed by atoms with Crippen molar-refractivity contribution in [3.05, 3.63) is 56.7 Å². The Labute approximate surface area is 134 Å². The second-order valence-electron chi connectivity index (χ2n) is 4.05. The molecule has 0 aliphatic heterocycles. The number of amides is 1. The van der Waals surface area contributed by atoms with Gasteiger partial charge in [-0.25, -0.2) is 4.98 Å². The maximum Gasteiger partial charge on any atom is 0.416 e. The topological polar surface area (TPSA) is 42.0 Å². The lowest BCUT2D eigenvalue weighted by molar-refractivity contribution is -0.137. The van der Waals surface area contributed by atoms with Crippen LogP contribution in [0.5, 0.6) is 0 Å². The molecule has 1 aromatic heterocycles. The molecule has 1 amide bonds. The highest BCUT2D eigenvalue weighted by atomic mass is 79.9. The van der Waals surface area contributed by atoms with Crippen molar-refractivity contribution in [2.45, 2.75) is 6.18 Å². The van der Waals surface area contributed by atoms with Crippen LogP contribution >= 0.6 is 31.9 Å². The number of nitrogens with zero attached hydrogens (tertiary/aromatic N) is 1. The molecule has 21 heavy (non-hydrogen) atoms. The SMILES string of the molecule is O=C(Nc1cc(Br)cc(C(F)(F)F)c1)c1ccnc(Br)c1. The van der Waals surface area contributed by atoms with Crippen molar-refractivity contribution >= 4 is 43.5 Å². The van der Waals surface area contributed by atoms with Crippen molar-refractivity contribution in [3.8, 4) is 0 Å². The average molecular weight is 424 g/mol. The van der Waals surface area contributed by atoms with E-state index < -0.39 is 17.6 Å². The molecule has 0 fully saturated rings. The van der Waals surface area contributed by atoms with Crippen LogP contribution in [0.25, 0.3) is 0 Å². The van der Waals surface area contributed by atoms with Crippen LogP contribution < -0.4 is 5.32 Å². The standard InChI is InChI=1S/C13H7Br2F3N2O/c14-9-4-8(13(16,17)18)5-10(6-9)20-12(21)7-1-2-19-11(15)3-7/h1-6H,(H,20,21). The van der Waals surface area contributed by atoms with Crippen LogP contribution in [0.2, 0.25) is 0 Å². The number of alkyl halides is 3. The number of rotatable bonds is 2. The van der Waals surface area contributed by atoms with E-state index in [2.05, 4.69) is 42.2 Å². The van der Waals surface area contributed by atoms with E-state index in [1.165, 1.54) is 24.4 Å². The molecule has 2 aromatic rings. The first-order valence-electron chi connectivity index (χ1n) is 5.56. The third kappa shape index (κ3) is 4.28. The minimum Gasteiger partial charge on any atom is -0.322 e. The molecule has 0 spiro atoms. The summed E-state index contributed by atoms with van der Waals surface area (Å²) in [4.78, 5) is 15.9. The van der Waals surface area contributed by atoms with Crippen molar-refractivity contribution in [3.63, 3.8) is 0 Å². The van der Waals surface area contributed by atoms with Crippen molar-refractivity contribution in [1.29, 1.82) is 0 Å². The third-order valence-electron chi connectivity index (χ3n) is 2.47. The summed E-state index contributed by atoms with van der Waals surface area (Å²) in [6.45, 7) is 0. The van der Waals surface area contributed by atoms with Crippen molar-refractivity contribution < 1.29 is 18.0 Å². The first-order chi connectivity index (χ1) is 9.75. The zero-order valence-corrected chi connectivity index (χ0v) is 13.4. The Hall–Kier alpha value is -1.41. The van der Waals surface area contributed by atoms with Crippen LogP contribution in [0.1, 0.15) is 15.9 Å². The summed E-state index contributed by atoms with van der Waals surface area (Å²) in [5.74, 6) is -0.524. The fourth-order valence-electron chi connectivity index (χ4n) is 1.57. The minimum atomic E-state index is -4.48. The van der Waals surface area contributed by atoms with Gasteiger partial charge in [0.05, 0.1) is 5.56 Å². The van der Waals surface area contributed by atoms with Crippen LogP contribution in [0.4, 0.5) is 18.9 Å². The molecule has 0 radical (unpaired) electrons. The number of carbonyl (C=O) groups is 1. The molecular formula is C13H7Br2F3N2O. The Balaban J connectivity index is 2.27. The van der Waals surface area contributed by atoms with Crippen LogP contribution in [0.3, 0.4) is 0 Å². The van der Waals surface area contributed by atoms with Gasteiger partial charge < -0.3 is 5.32 Å². The van der Waals surface area contributed by atoms with Crippen molar-refractivity contribution in [1.82, 2.24) is 4.98 Å². The highest BCUT2D eigenvalue weighted by Gasteiger charge is 2.31. The fraction of sp³-hybridized carbons (Fsp3) is 0.0769. The van der Waals surface area contributed by atoms with Crippen molar-refractivity contribution in [2.75, 3.05) is 5.32 Å². The Morgan fingerprint density at radius 3 is 2.48 bits per heavy atom. The molecule has 8 heteroatoms. The molecule has 0 atom stereocenters. The van der Waals surface area contributed by atoms with E-state index in [1.807, 2.05) is 0 Å². The first-order valence-corrected chi connectivity index (χ1v) is 7.15. The number of nitrogens with one attached hydrogen (secondary N) is 1. The van der Waals surface area contributed by atoms with Gasteiger partial charge in [0.15, 0.2) is 0 Å². The predicted octanol–water partition coefficient (Wildman–Crippen LogP) is 4.88. The van der Waals surface area contributed by atoms with E-state index in [4.69, 9.17) is 0 Å². The highest BCUT2D eigenvalue weighted by molar-refractivity contribution is 9.10. The zero-order chi connectivity index (χ0) is 15.6. The van der Waals surface area contributed by atoms with Gasteiger partial charge >= 0.3 is 6.18 Å². The highest BCUT2D eigenvalue weighted by Crippen LogP contribution is 2.33. The van der Waals surface area contributed by atoms with Gasteiger partial charge in [-0.1, -0.05) is 15.9 Å². The zero-order valence-electron chi connectivity index (χ0n) is 10.2. The molecule has 1 heterocycles.